The van der Waals surface area contributed by atoms with Crippen LogP contribution in [0.2, 0.25) is 0 Å². The van der Waals surface area contributed by atoms with Crippen LogP contribution in [0.3, 0.4) is 0 Å². The number of benzene rings is 1. The summed E-state index contributed by atoms with van der Waals surface area (Å²) in [7, 11) is 0. The Balaban J connectivity index is 2.00. The molecule has 23 heavy (non-hydrogen) atoms. The molecular weight excluding hydrogens is 292 g/mol. The molecule has 2 aliphatic heterocycles. The maximum absolute atomic E-state index is 12.6. The first-order chi connectivity index (χ1) is 11.3. The van der Waals surface area contributed by atoms with Crippen LogP contribution in [0.1, 0.15) is 23.3 Å². The summed E-state index contributed by atoms with van der Waals surface area (Å²) >= 11 is 0. The Morgan fingerprint density at radius 1 is 0.783 bits per heavy atom. The van der Waals surface area contributed by atoms with Crippen molar-refractivity contribution in [1.29, 1.82) is 0 Å². The van der Waals surface area contributed by atoms with E-state index in [1.807, 2.05) is 48.6 Å². The Morgan fingerprint density at radius 3 is 2.09 bits per heavy atom. The molecule has 0 aliphatic carbocycles. The molecule has 0 N–H and O–H groups in total. The van der Waals surface area contributed by atoms with E-state index in [1.54, 1.807) is 24.7 Å². The quantitative estimate of drug-likeness (QED) is 0.785. The highest BCUT2D eigenvalue weighted by Gasteiger charge is 2.27. The van der Waals surface area contributed by atoms with Crippen LogP contribution in [0.4, 0.5) is 0 Å². The van der Waals surface area contributed by atoms with E-state index in [0.717, 1.165) is 10.9 Å². The van der Waals surface area contributed by atoms with Gasteiger partial charge in [-0.2, -0.15) is 0 Å². The van der Waals surface area contributed by atoms with Crippen molar-refractivity contribution in [3.8, 4) is 0 Å². The predicted molar refractivity (Wildman–Crippen MR) is 86.7 cm³/mol. The number of fused-ring (bicyclic) bond motifs is 1. The summed E-state index contributed by atoms with van der Waals surface area (Å²) in [6.07, 6.45) is 13.4. The molecule has 114 valence electrons. The lowest BCUT2D eigenvalue weighted by Crippen LogP contribution is -2.19. The first kappa shape index (κ1) is 13.6. The molecule has 0 amide bonds. The van der Waals surface area contributed by atoms with Crippen LogP contribution >= 0.6 is 0 Å². The SMILES string of the molecule is O=c1oc2ccccc2c(C2C=CC=CO2)c1C1C=CC=CO1. The summed E-state index contributed by atoms with van der Waals surface area (Å²) in [5, 5.41) is 0.846. The average molecular weight is 306 g/mol. The number of ether oxygens (including phenoxy) is 2. The van der Waals surface area contributed by atoms with E-state index in [9.17, 15) is 4.79 Å². The highest BCUT2D eigenvalue weighted by Crippen LogP contribution is 2.35. The monoisotopic (exact) mass is 306 g/mol. The van der Waals surface area contributed by atoms with E-state index < -0.39 is 11.7 Å². The molecular formula is C19H14O4. The van der Waals surface area contributed by atoms with Crippen LogP contribution < -0.4 is 5.63 Å². The second kappa shape index (κ2) is 5.65. The van der Waals surface area contributed by atoms with Crippen LogP contribution in [0.15, 0.2) is 82.5 Å². The lowest BCUT2D eigenvalue weighted by molar-refractivity contribution is 0.163. The Hall–Kier alpha value is -3.01. The zero-order valence-corrected chi connectivity index (χ0v) is 12.2. The lowest BCUT2D eigenvalue weighted by atomic mass is 9.94. The zero-order chi connectivity index (χ0) is 15.6. The molecule has 2 unspecified atom stereocenters. The fourth-order valence-corrected chi connectivity index (χ4v) is 2.86. The molecule has 4 nitrogen and oxygen atoms in total. The van der Waals surface area contributed by atoms with Gasteiger partial charge in [0.2, 0.25) is 0 Å². The van der Waals surface area contributed by atoms with Crippen molar-refractivity contribution in [3.05, 3.63) is 94.8 Å². The maximum Gasteiger partial charge on any atom is 0.344 e. The van der Waals surface area contributed by atoms with Crippen molar-refractivity contribution in [2.75, 3.05) is 0 Å². The van der Waals surface area contributed by atoms with E-state index in [0.29, 0.717) is 11.1 Å². The van der Waals surface area contributed by atoms with Gasteiger partial charge in [0.05, 0.1) is 18.1 Å². The van der Waals surface area contributed by atoms with Gasteiger partial charge in [0, 0.05) is 10.9 Å². The fourth-order valence-electron chi connectivity index (χ4n) is 2.86. The van der Waals surface area contributed by atoms with Crippen LogP contribution in [0, 0.1) is 0 Å². The third-order valence-corrected chi connectivity index (χ3v) is 3.86. The smallest absolute Gasteiger partial charge is 0.344 e. The van der Waals surface area contributed by atoms with Crippen molar-refractivity contribution < 1.29 is 13.9 Å². The summed E-state index contributed by atoms with van der Waals surface area (Å²) in [6.45, 7) is 0. The summed E-state index contributed by atoms with van der Waals surface area (Å²) in [5.74, 6) is 0. The minimum atomic E-state index is -0.487. The third-order valence-electron chi connectivity index (χ3n) is 3.86. The number of allylic oxidation sites excluding steroid dienone is 4. The van der Waals surface area contributed by atoms with Crippen LogP contribution in [0.5, 0.6) is 0 Å². The van der Waals surface area contributed by atoms with Gasteiger partial charge in [0.15, 0.2) is 0 Å². The second-order valence-corrected chi connectivity index (χ2v) is 5.25. The third kappa shape index (κ3) is 2.38. The summed E-state index contributed by atoms with van der Waals surface area (Å²) in [4.78, 5) is 12.6. The van der Waals surface area contributed by atoms with Gasteiger partial charge in [-0.05, 0) is 30.4 Å². The van der Waals surface area contributed by atoms with Crippen molar-refractivity contribution in [1.82, 2.24) is 0 Å². The molecule has 2 aliphatic rings. The second-order valence-electron chi connectivity index (χ2n) is 5.25. The molecule has 0 saturated carbocycles. The number of hydrogen-bond donors (Lipinski definition) is 0. The average Bonchev–Trinajstić information content (AvgIpc) is 2.62. The Morgan fingerprint density at radius 2 is 1.43 bits per heavy atom. The molecule has 1 aromatic heterocycles. The molecule has 2 aromatic rings. The first-order valence-electron chi connectivity index (χ1n) is 7.38. The summed E-state index contributed by atoms with van der Waals surface area (Å²) in [5.41, 5.74) is 1.38. The molecule has 2 atom stereocenters. The highest BCUT2D eigenvalue weighted by atomic mass is 16.5. The zero-order valence-electron chi connectivity index (χ0n) is 12.2. The first-order valence-corrected chi connectivity index (χ1v) is 7.38. The van der Waals surface area contributed by atoms with Gasteiger partial charge in [0.1, 0.15) is 17.8 Å². The predicted octanol–water partition coefficient (Wildman–Crippen LogP) is 4.08. The summed E-state index contributed by atoms with van der Waals surface area (Å²) in [6, 6.07) is 7.46. The molecule has 0 radical (unpaired) electrons. The molecule has 0 bridgehead atoms. The number of para-hydroxylation sites is 1. The molecule has 0 saturated heterocycles. The number of hydrogen-bond acceptors (Lipinski definition) is 4. The van der Waals surface area contributed by atoms with Crippen molar-refractivity contribution >= 4 is 11.0 Å². The molecule has 4 rings (SSSR count). The topological polar surface area (TPSA) is 48.7 Å². The van der Waals surface area contributed by atoms with Crippen molar-refractivity contribution in [2.24, 2.45) is 0 Å². The minimum absolute atomic E-state index is 0.355. The van der Waals surface area contributed by atoms with Gasteiger partial charge in [-0.1, -0.05) is 30.4 Å². The van der Waals surface area contributed by atoms with Gasteiger partial charge in [0.25, 0.3) is 0 Å². The highest BCUT2D eigenvalue weighted by molar-refractivity contribution is 5.82. The van der Waals surface area contributed by atoms with Crippen LogP contribution in [-0.2, 0) is 9.47 Å². The lowest BCUT2D eigenvalue weighted by Gasteiger charge is -2.23. The maximum atomic E-state index is 12.6. The largest absolute Gasteiger partial charge is 0.489 e. The molecule has 3 heterocycles. The number of rotatable bonds is 2. The molecule has 0 spiro atoms. The van der Waals surface area contributed by atoms with Crippen LogP contribution in [-0.4, -0.2) is 0 Å². The van der Waals surface area contributed by atoms with Crippen LogP contribution in [0.25, 0.3) is 11.0 Å². The van der Waals surface area contributed by atoms with E-state index in [-0.39, 0.29) is 6.10 Å². The summed E-state index contributed by atoms with van der Waals surface area (Å²) < 4.78 is 16.8. The Kier molecular flexibility index (Phi) is 3.35. The van der Waals surface area contributed by atoms with Gasteiger partial charge in [-0.15, -0.1) is 0 Å². The molecule has 4 heteroatoms. The van der Waals surface area contributed by atoms with Crippen molar-refractivity contribution in [3.63, 3.8) is 0 Å². The standard InChI is InChI=1S/C19H14O4/c20-19-18(16-10-4-6-12-22-16)17(15-9-3-5-11-21-15)13-7-1-2-8-14(13)23-19/h1-12,15-16H. The van der Waals surface area contributed by atoms with E-state index >= 15 is 0 Å². The van der Waals surface area contributed by atoms with E-state index in [4.69, 9.17) is 13.9 Å². The molecule has 0 fully saturated rings. The van der Waals surface area contributed by atoms with Gasteiger partial charge in [-0.25, -0.2) is 4.79 Å². The Labute approximate surface area is 132 Å². The Bertz CT molecular complexity index is 915. The van der Waals surface area contributed by atoms with Crippen molar-refractivity contribution in [2.45, 2.75) is 12.2 Å². The van der Waals surface area contributed by atoms with E-state index in [1.165, 1.54) is 0 Å². The molecule has 1 aromatic carbocycles. The fraction of sp³-hybridized carbons (Fsp3) is 0.105. The normalized spacial score (nSPS) is 22.1. The van der Waals surface area contributed by atoms with E-state index in [2.05, 4.69) is 0 Å². The van der Waals surface area contributed by atoms with Gasteiger partial charge >= 0.3 is 5.63 Å². The minimum Gasteiger partial charge on any atom is -0.489 e. The van der Waals surface area contributed by atoms with Gasteiger partial charge < -0.3 is 13.9 Å². The van der Waals surface area contributed by atoms with Gasteiger partial charge in [-0.3, -0.25) is 0 Å².